The van der Waals surface area contributed by atoms with Crippen molar-refractivity contribution >= 4 is 11.8 Å². The van der Waals surface area contributed by atoms with Crippen LogP contribution in [0.25, 0.3) is 0 Å². The van der Waals surface area contributed by atoms with Crippen LogP contribution in [0, 0.1) is 11.8 Å². The predicted molar refractivity (Wildman–Crippen MR) is 60.1 cm³/mol. The van der Waals surface area contributed by atoms with Crippen LogP contribution in [0.4, 0.5) is 0 Å². The van der Waals surface area contributed by atoms with Crippen molar-refractivity contribution in [3.8, 4) is 0 Å². The third-order valence-electron chi connectivity index (χ3n) is 3.37. The summed E-state index contributed by atoms with van der Waals surface area (Å²) in [5.41, 5.74) is 3.02. The Hall–Kier alpha value is 0.230. The summed E-state index contributed by atoms with van der Waals surface area (Å²) in [6.45, 7) is 1.84. The molecular weight excluding hydrogens is 196 g/mol. The minimum Gasteiger partial charge on any atom is -0.381 e. The highest BCUT2D eigenvalue weighted by Crippen LogP contribution is 2.31. The number of thioether (sulfide) groups is 1. The van der Waals surface area contributed by atoms with Crippen molar-refractivity contribution in [2.75, 3.05) is 24.7 Å². The zero-order chi connectivity index (χ0) is 9.80. The Bertz CT molecular complexity index is 168. The van der Waals surface area contributed by atoms with Crippen LogP contribution in [0.2, 0.25) is 0 Å². The van der Waals surface area contributed by atoms with Crippen molar-refractivity contribution in [2.24, 2.45) is 17.7 Å². The molecule has 0 bridgehead atoms. The van der Waals surface area contributed by atoms with Crippen molar-refractivity contribution in [1.29, 1.82) is 0 Å². The molecule has 0 amide bonds. The lowest BCUT2D eigenvalue weighted by molar-refractivity contribution is 0.0307. The van der Waals surface area contributed by atoms with Crippen LogP contribution in [-0.4, -0.2) is 30.8 Å². The molecule has 0 radical (unpaired) electrons. The van der Waals surface area contributed by atoms with Crippen molar-refractivity contribution in [2.45, 2.75) is 25.3 Å². The zero-order valence-electron chi connectivity index (χ0n) is 8.58. The summed E-state index contributed by atoms with van der Waals surface area (Å²) in [6.07, 6.45) is 3.79. The summed E-state index contributed by atoms with van der Waals surface area (Å²) >= 11 is 2.05. The number of hydrazine groups is 1. The highest BCUT2D eigenvalue weighted by Gasteiger charge is 2.32. The van der Waals surface area contributed by atoms with Crippen molar-refractivity contribution in [3.05, 3.63) is 0 Å². The second-order valence-corrected chi connectivity index (χ2v) is 5.44. The first-order chi connectivity index (χ1) is 6.92. The Morgan fingerprint density at radius 3 is 2.86 bits per heavy atom. The van der Waals surface area contributed by atoms with Gasteiger partial charge in [-0.3, -0.25) is 11.3 Å². The largest absolute Gasteiger partial charge is 0.381 e. The average molecular weight is 216 g/mol. The first-order valence-electron chi connectivity index (χ1n) is 5.53. The molecule has 0 aliphatic carbocycles. The lowest BCUT2D eigenvalue weighted by atomic mass is 9.85. The highest BCUT2D eigenvalue weighted by molar-refractivity contribution is 7.99. The van der Waals surface area contributed by atoms with Crippen molar-refractivity contribution < 1.29 is 4.74 Å². The van der Waals surface area contributed by atoms with Crippen LogP contribution in [0.5, 0.6) is 0 Å². The van der Waals surface area contributed by atoms with Gasteiger partial charge in [0.25, 0.3) is 0 Å². The van der Waals surface area contributed by atoms with E-state index in [9.17, 15) is 0 Å². The highest BCUT2D eigenvalue weighted by atomic mass is 32.2. The van der Waals surface area contributed by atoms with E-state index in [1.54, 1.807) is 0 Å². The Kier molecular flexibility index (Phi) is 4.10. The van der Waals surface area contributed by atoms with Gasteiger partial charge in [-0.15, -0.1) is 0 Å². The topological polar surface area (TPSA) is 47.3 Å². The third-order valence-corrected chi connectivity index (χ3v) is 4.56. The lowest BCUT2D eigenvalue weighted by Gasteiger charge is -2.33. The molecule has 3 unspecified atom stereocenters. The second kappa shape index (κ2) is 5.35. The van der Waals surface area contributed by atoms with E-state index >= 15 is 0 Å². The molecule has 2 saturated heterocycles. The molecule has 0 spiro atoms. The van der Waals surface area contributed by atoms with Crippen molar-refractivity contribution in [3.63, 3.8) is 0 Å². The van der Waals surface area contributed by atoms with Gasteiger partial charge in [0.1, 0.15) is 0 Å². The van der Waals surface area contributed by atoms with Crippen LogP contribution >= 0.6 is 11.8 Å². The number of rotatable bonds is 3. The molecule has 2 aliphatic heterocycles. The summed E-state index contributed by atoms with van der Waals surface area (Å²) in [7, 11) is 0. The fourth-order valence-electron chi connectivity index (χ4n) is 2.54. The van der Waals surface area contributed by atoms with Gasteiger partial charge < -0.3 is 4.74 Å². The van der Waals surface area contributed by atoms with Gasteiger partial charge in [0.15, 0.2) is 0 Å². The quantitative estimate of drug-likeness (QED) is 0.546. The first-order valence-corrected chi connectivity index (χ1v) is 6.69. The summed E-state index contributed by atoms with van der Waals surface area (Å²) in [5.74, 6) is 9.64. The molecule has 82 valence electrons. The molecule has 0 aromatic heterocycles. The van der Waals surface area contributed by atoms with Crippen LogP contribution in [0.15, 0.2) is 0 Å². The third kappa shape index (κ3) is 2.42. The van der Waals surface area contributed by atoms with Gasteiger partial charge in [0, 0.05) is 12.6 Å². The van der Waals surface area contributed by atoms with Gasteiger partial charge in [-0.1, -0.05) is 0 Å². The van der Waals surface area contributed by atoms with E-state index in [2.05, 4.69) is 17.2 Å². The molecule has 2 rings (SSSR count). The first kappa shape index (κ1) is 10.7. The molecule has 14 heavy (non-hydrogen) atoms. The van der Waals surface area contributed by atoms with Gasteiger partial charge in [0.2, 0.25) is 0 Å². The van der Waals surface area contributed by atoms with E-state index in [-0.39, 0.29) is 0 Å². The summed E-state index contributed by atoms with van der Waals surface area (Å²) < 4.78 is 5.52. The lowest BCUT2D eigenvalue weighted by Crippen LogP contribution is -2.48. The Balaban J connectivity index is 1.89. The van der Waals surface area contributed by atoms with E-state index in [0.29, 0.717) is 12.0 Å². The zero-order valence-corrected chi connectivity index (χ0v) is 9.39. The molecule has 2 aliphatic rings. The molecule has 0 saturated carbocycles. The van der Waals surface area contributed by atoms with Crippen LogP contribution < -0.4 is 11.3 Å². The molecule has 2 heterocycles. The maximum atomic E-state index is 5.67. The predicted octanol–water partition coefficient (Wildman–Crippen LogP) is 0.998. The van der Waals surface area contributed by atoms with E-state index < -0.39 is 0 Å². The minimum atomic E-state index is 0.477. The van der Waals surface area contributed by atoms with Crippen LogP contribution in [0.3, 0.4) is 0 Å². The molecular formula is C10H20N2OS. The smallest absolute Gasteiger partial charge is 0.0509 e. The monoisotopic (exact) mass is 216 g/mol. The molecule has 4 heteroatoms. The fraction of sp³-hybridized carbons (Fsp3) is 1.00. The second-order valence-electron chi connectivity index (χ2n) is 4.29. The normalized spacial score (nSPS) is 35.8. The standard InChI is InChI=1S/C10H20N2OS/c11-12-10(9-3-5-14-7-9)8-2-1-4-13-6-8/h8-10,12H,1-7,11H2. The van der Waals surface area contributed by atoms with Gasteiger partial charge in [-0.25, -0.2) is 0 Å². The molecule has 0 aromatic carbocycles. The van der Waals surface area contributed by atoms with E-state index in [1.807, 2.05) is 0 Å². The molecule has 2 fully saturated rings. The number of hydrogen-bond acceptors (Lipinski definition) is 4. The van der Waals surface area contributed by atoms with E-state index in [1.165, 1.54) is 30.8 Å². The van der Waals surface area contributed by atoms with Gasteiger partial charge in [-0.2, -0.15) is 11.8 Å². The number of nitrogens with two attached hydrogens (primary N) is 1. The Morgan fingerprint density at radius 1 is 1.36 bits per heavy atom. The Morgan fingerprint density at radius 2 is 2.29 bits per heavy atom. The Labute approximate surface area is 90.1 Å². The summed E-state index contributed by atoms with van der Waals surface area (Å²) in [5, 5.41) is 0. The van der Waals surface area contributed by atoms with Gasteiger partial charge in [0.05, 0.1) is 6.61 Å². The number of nitrogens with one attached hydrogen (secondary N) is 1. The summed E-state index contributed by atoms with van der Waals surface area (Å²) in [6, 6.07) is 0.477. The molecule has 3 N–H and O–H groups in total. The van der Waals surface area contributed by atoms with Crippen molar-refractivity contribution in [1.82, 2.24) is 5.43 Å². The van der Waals surface area contributed by atoms with E-state index in [0.717, 1.165) is 19.1 Å². The SMILES string of the molecule is NNC(C1CCCOC1)C1CCSC1. The molecule has 0 aromatic rings. The van der Waals surface area contributed by atoms with Crippen LogP contribution in [0.1, 0.15) is 19.3 Å². The fourth-order valence-corrected chi connectivity index (χ4v) is 3.85. The van der Waals surface area contributed by atoms with Gasteiger partial charge in [-0.05, 0) is 42.6 Å². The molecule has 3 nitrogen and oxygen atoms in total. The average Bonchev–Trinajstić information content (AvgIpc) is 2.74. The van der Waals surface area contributed by atoms with Gasteiger partial charge >= 0.3 is 0 Å². The van der Waals surface area contributed by atoms with E-state index in [4.69, 9.17) is 10.6 Å². The molecule has 3 atom stereocenters. The summed E-state index contributed by atoms with van der Waals surface area (Å²) in [4.78, 5) is 0. The van der Waals surface area contributed by atoms with Crippen LogP contribution in [-0.2, 0) is 4.74 Å². The number of ether oxygens (including phenoxy) is 1. The maximum Gasteiger partial charge on any atom is 0.0509 e. The maximum absolute atomic E-state index is 5.67. The minimum absolute atomic E-state index is 0.477. The number of hydrogen-bond donors (Lipinski definition) is 2.